The molecule has 1 unspecified atom stereocenters. The van der Waals surface area contributed by atoms with Gasteiger partial charge >= 0.3 is 0 Å². The molecular formula is C15H17N3O3. The van der Waals surface area contributed by atoms with Crippen LogP contribution in [0.3, 0.4) is 0 Å². The van der Waals surface area contributed by atoms with E-state index in [1.807, 2.05) is 18.2 Å². The first-order valence-corrected chi connectivity index (χ1v) is 7.35. The molecule has 1 fully saturated rings. The third-order valence-electron chi connectivity index (χ3n) is 3.90. The zero-order valence-corrected chi connectivity index (χ0v) is 11.7. The lowest BCUT2D eigenvalue weighted by Crippen LogP contribution is -2.28. The van der Waals surface area contributed by atoms with Gasteiger partial charge in [0.2, 0.25) is 0 Å². The summed E-state index contributed by atoms with van der Waals surface area (Å²) in [5.74, 6) is 3.02. The number of benzene rings is 1. The van der Waals surface area contributed by atoms with Crippen molar-refractivity contribution in [3.05, 3.63) is 24.0 Å². The fourth-order valence-electron chi connectivity index (χ4n) is 2.82. The Hall–Kier alpha value is -2.08. The van der Waals surface area contributed by atoms with Gasteiger partial charge in [-0.15, -0.1) is 0 Å². The SMILES string of the molecule is c1cc2c(c(-c3nc(C4CCCNC4)no3)c1)OCCO2. The lowest BCUT2D eigenvalue weighted by molar-refractivity contribution is 0.172. The number of fused-ring (bicyclic) bond motifs is 1. The number of ether oxygens (including phenoxy) is 2. The molecule has 4 rings (SSSR count). The minimum Gasteiger partial charge on any atom is -0.486 e. The molecule has 1 saturated heterocycles. The molecule has 1 aromatic carbocycles. The Morgan fingerprint density at radius 2 is 2.14 bits per heavy atom. The molecule has 1 aromatic heterocycles. The van der Waals surface area contributed by atoms with Crippen molar-refractivity contribution in [2.45, 2.75) is 18.8 Å². The molecule has 0 saturated carbocycles. The highest BCUT2D eigenvalue weighted by atomic mass is 16.6. The summed E-state index contributed by atoms with van der Waals surface area (Å²) in [6.45, 7) is 3.08. The molecule has 1 atom stereocenters. The third-order valence-corrected chi connectivity index (χ3v) is 3.90. The number of rotatable bonds is 2. The Morgan fingerprint density at radius 1 is 1.19 bits per heavy atom. The molecular weight excluding hydrogens is 270 g/mol. The summed E-state index contributed by atoms with van der Waals surface area (Å²) in [5.41, 5.74) is 0.801. The van der Waals surface area contributed by atoms with Crippen LogP contribution in [0.25, 0.3) is 11.5 Å². The fraction of sp³-hybridized carbons (Fsp3) is 0.467. The average Bonchev–Trinajstić information content (AvgIpc) is 3.05. The van der Waals surface area contributed by atoms with Crippen molar-refractivity contribution >= 4 is 0 Å². The number of nitrogens with one attached hydrogen (secondary N) is 1. The van der Waals surface area contributed by atoms with E-state index in [9.17, 15) is 0 Å². The molecule has 6 heteroatoms. The molecule has 0 amide bonds. The third kappa shape index (κ3) is 2.35. The molecule has 0 bridgehead atoms. The summed E-state index contributed by atoms with van der Waals surface area (Å²) in [6.07, 6.45) is 2.24. The molecule has 3 heterocycles. The van der Waals surface area contributed by atoms with E-state index in [1.54, 1.807) is 0 Å². The van der Waals surface area contributed by atoms with Crippen molar-refractivity contribution in [1.82, 2.24) is 15.5 Å². The van der Waals surface area contributed by atoms with E-state index in [0.29, 0.717) is 30.8 Å². The van der Waals surface area contributed by atoms with Gasteiger partial charge in [-0.2, -0.15) is 4.98 Å². The summed E-state index contributed by atoms with van der Waals surface area (Å²) < 4.78 is 16.7. The standard InChI is InChI=1S/C15H17N3O3/c1-4-11(13-12(5-1)19-7-8-20-13)15-17-14(18-21-15)10-3-2-6-16-9-10/h1,4-5,10,16H,2-3,6-9H2. The first-order chi connectivity index (χ1) is 10.4. The van der Waals surface area contributed by atoms with E-state index in [-0.39, 0.29) is 0 Å². The molecule has 110 valence electrons. The van der Waals surface area contributed by atoms with E-state index in [4.69, 9.17) is 14.0 Å². The number of hydrogen-bond acceptors (Lipinski definition) is 6. The van der Waals surface area contributed by atoms with Crippen molar-refractivity contribution in [2.75, 3.05) is 26.3 Å². The van der Waals surface area contributed by atoms with Crippen molar-refractivity contribution in [2.24, 2.45) is 0 Å². The number of para-hydroxylation sites is 1. The predicted molar refractivity (Wildman–Crippen MR) is 75.6 cm³/mol. The average molecular weight is 287 g/mol. The minimum absolute atomic E-state index is 0.327. The Balaban J connectivity index is 1.66. The van der Waals surface area contributed by atoms with Gasteiger partial charge in [-0.05, 0) is 31.5 Å². The van der Waals surface area contributed by atoms with Gasteiger partial charge < -0.3 is 19.3 Å². The molecule has 21 heavy (non-hydrogen) atoms. The van der Waals surface area contributed by atoms with Crippen LogP contribution in [-0.2, 0) is 0 Å². The lowest BCUT2D eigenvalue weighted by atomic mass is 9.99. The van der Waals surface area contributed by atoms with Gasteiger partial charge in [0, 0.05) is 12.5 Å². The molecule has 2 aliphatic rings. The quantitative estimate of drug-likeness (QED) is 0.910. The van der Waals surface area contributed by atoms with Crippen molar-refractivity contribution < 1.29 is 14.0 Å². The van der Waals surface area contributed by atoms with Gasteiger partial charge in [0.05, 0.1) is 5.56 Å². The first kappa shape index (κ1) is 12.6. The second kappa shape index (κ2) is 5.37. The van der Waals surface area contributed by atoms with Gasteiger partial charge in [-0.3, -0.25) is 0 Å². The Morgan fingerprint density at radius 3 is 3.05 bits per heavy atom. The maximum Gasteiger partial charge on any atom is 0.261 e. The van der Waals surface area contributed by atoms with Gasteiger partial charge in [-0.1, -0.05) is 11.2 Å². The molecule has 1 N–H and O–H groups in total. The van der Waals surface area contributed by atoms with Crippen LogP contribution in [0.4, 0.5) is 0 Å². The maximum atomic E-state index is 5.70. The molecule has 6 nitrogen and oxygen atoms in total. The highest BCUT2D eigenvalue weighted by Gasteiger charge is 2.24. The summed E-state index contributed by atoms with van der Waals surface area (Å²) in [7, 11) is 0. The van der Waals surface area contributed by atoms with Crippen LogP contribution in [0.15, 0.2) is 22.7 Å². The Bertz CT molecular complexity index is 635. The fourth-order valence-corrected chi connectivity index (χ4v) is 2.82. The van der Waals surface area contributed by atoms with E-state index >= 15 is 0 Å². The monoisotopic (exact) mass is 287 g/mol. The number of aromatic nitrogens is 2. The molecule has 0 aliphatic carbocycles. The Kier molecular flexibility index (Phi) is 3.23. The van der Waals surface area contributed by atoms with Crippen LogP contribution >= 0.6 is 0 Å². The van der Waals surface area contributed by atoms with Gasteiger partial charge in [0.1, 0.15) is 13.2 Å². The largest absolute Gasteiger partial charge is 0.486 e. The maximum absolute atomic E-state index is 5.70. The van der Waals surface area contributed by atoms with Crippen molar-refractivity contribution in [3.63, 3.8) is 0 Å². The van der Waals surface area contributed by atoms with Gasteiger partial charge in [0.25, 0.3) is 5.89 Å². The van der Waals surface area contributed by atoms with E-state index < -0.39 is 0 Å². The Labute approximate surface area is 122 Å². The summed E-state index contributed by atoms with van der Waals surface area (Å²) in [6, 6.07) is 5.72. The predicted octanol–water partition coefficient (Wildman–Crippen LogP) is 1.97. The summed E-state index contributed by atoms with van der Waals surface area (Å²) in [5, 5.41) is 7.51. The normalized spacial score (nSPS) is 21.2. The van der Waals surface area contributed by atoms with Crippen LogP contribution in [0.5, 0.6) is 11.5 Å². The van der Waals surface area contributed by atoms with E-state index in [1.165, 1.54) is 0 Å². The second-order valence-corrected chi connectivity index (χ2v) is 5.33. The first-order valence-electron chi connectivity index (χ1n) is 7.35. The molecule has 0 spiro atoms. The topological polar surface area (TPSA) is 69.4 Å². The van der Waals surface area contributed by atoms with Crippen LogP contribution < -0.4 is 14.8 Å². The zero-order chi connectivity index (χ0) is 14.1. The number of hydrogen-bond donors (Lipinski definition) is 1. The number of nitrogens with zero attached hydrogens (tertiary/aromatic N) is 2. The van der Waals surface area contributed by atoms with E-state index in [0.717, 1.165) is 43.1 Å². The van der Waals surface area contributed by atoms with Crippen LogP contribution in [0.2, 0.25) is 0 Å². The minimum atomic E-state index is 0.327. The van der Waals surface area contributed by atoms with Crippen LogP contribution in [0.1, 0.15) is 24.6 Å². The lowest BCUT2D eigenvalue weighted by Gasteiger charge is -2.20. The van der Waals surface area contributed by atoms with Crippen molar-refractivity contribution in [3.8, 4) is 23.0 Å². The van der Waals surface area contributed by atoms with Crippen molar-refractivity contribution in [1.29, 1.82) is 0 Å². The molecule has 0 radical (unpaired) electrons. The summed E-state index contributed by atoms with van der Waals surface area (Å²) in [4.78, 5) is 4.56. The molecule has 2 aromatic rings. The second-order valence-electron chi connectivity index (χ2n) is 5.33. The van der Waals surface area contributed by atoms with Gasteiger partial charge in [0.15, 0.2) is 17.3 Å². The highest BCUT2D eigenvalue weighted by Crippen LogP contribution is 2.39. The smallest absolute Gasteiger partial charge is 0.261 e. The zero-order valence-electron chi connectivity index (χ0n) is 11.7. The highest BCUT2D eigenvalue weighted by molar-refractivity contribution is 5.67. The van der Waals surface area contributed by atoms with E-state index in [2.05, 4.69) is 15.5 Å². The number of piperidine rings is 1. The molecule has 2 aliphatic heterocycles. The van der Waals surface area contributed by atoms with Crippen LogP contribution in [0, 0.1) is 0 Å². The van der Waals surface area contributed by atoms with Gasteiger partial charge in [-0.25, -0.2) is 0 Å². The van der Waals surface area contributed by atoms with Crippen LogP contribution in [-0.4, -0.2) is 36.4 Å². The summed E-state index contributed by atoms with van der Waals surface area (Å²) >= 11 is 0.